The summed E-state index contributed by atoms with van der Waals surface area (Å²) >= 11 is 0. The van der Waals surface area contributed by atoms with Gasteiger partial charge in [0.05, 0.1) is 5.92 Å². The molecule has 1 fully saturated rings. The van der Waals surface area contributed by atoms with Gasteiger partial charge in [0.1, 0.15) is 0 Å². The van der Waals surface area contributed by atoms with Crippen LogP contribution < -0.4 is 10.6 Å². The Morgan fingerprint density at radius 1 is 1.30 bits per heavy atom. The van der Waals surface area contributed by atoms with Crippen LogP contribution in [-0.2, 0) is 17.8 Å². The molecule has 110 valence electrons. The number of amides is 1. The highest BCUT2D eigenvalue weighted by molar-refractivity contribution is 5.78. The molecule has 1 aliphatic rings. The SMILES string of the molecule is CC(C)Cc1ccc(CNC(=O)C2CCCNC2)cc1. The smallest absolute Gasteiger partial charge is 0.224 e. The molecule has 2 rings (SSSR count). The molecule has 2 N–H and O–H groups in total. The third-order valence-corrected chi connectivity index (χ3v) is 3.80. The minimum atomic E-state index is 0.143. The van der Waals surface area contributed by atoms with E-state index in [1.165, 1.54) is 11.1 Å². The first-order valence-electron chi connectivity index (χ1n) is 7.71. The first-order valence-corrected chi connectivity index (χ1v) is 7.71. The molecule has 1 heterocycles. The fraction of sp³-hybridized carbons (Fsp3) is 0.588. The second kappa shape index (κ2) is 7.44. The molecule has 1 aromatic carbocycles. The van der Waals surface area contributed by atoms with Crippen LogP contribution in [0.15, 0.2) is 24.3 Å². The van der Waals surface area contributed by atoms with Gasteiger partial charge in [0, 0.05) is 13.1 Å². The van der Waals surface area contributed by atoms with Gasteiger partial charge in [-0.25, -0.2) is 0 Å². The van der Waals surface area contributed by atoms with Gasteiger partial charge in [-0.05, 0) is 42.9 Å². The number of carbonyl (C=O) groups excluding carboxylic acids is 1. The topological polar surface area (TPSA) is 41.1 Å². The van der Waals surface area contributed by atoms with Crippen LogP contribution in [0.3, 0.4) is 0 Å². The molecule has 1 aromatic rings. The number of hydrogen-bond acceptors (Lipinski definition) is 2. The molecule has 0 aromatic heterocycles. The molecule has 1 amide bonds. The maximum atomic E-state index is 12.0. The van der Waals surface area contributed by atoms with Gasteiger partial charge < -0.3 is 10.6 Å². The molecular weight excluding hydrogens is 248 g/mol. The van der Waals surface area contributed by atoms with Crippen molar-refractivity contribution in [3.8, 4) is 0 Å². The standard InChI is InChI=1S/C17H26N2O/c1-13(2)10-14-5-7-15(8-6-14)11-19-17(20)16-4-3-9-18-12-16/h5-8,13,16,18H,3-4,9-12H2,1-2H3,(H,19,20). The van der Waals surface area contributed by atoms with E-state index in [1.807, 2.05) is 0 Å². The molecule has 0 saturated carbocycles. The van der Waals surface area contributed by atoms with Crippen LogP contribution in [0.2, 0.25) is 0 Å². The maximum absolute atomic E-state index is 12.0. The number of benzene rings is 1. The molecular formula is C17H26N2O. The molecule has 20 heavy (non-hydrogen) atoms. The normalized spacial score (nSPS) is 19.1. The van der Waals surface area contributed by atoms with Gasteiger partial charge in [-0.15, -0.1) is 0 Å². The van der Waals surface area contributed by atoms with Crippen LogP contribution in [0.1, 0.15) is 37.8 Å². The van der Waals surface area contributed by atoms with E-state index in [0.29, 0.717) is 12.5 Å². The largest absolute Gasteiger partial charge is 0.352 e. The van der Waals surface area contributed by atoms with Crippen molar-refractivity contribution in [2.45, 2.75) is 39.7 Å². The zero-order valence-corrected chi connectivity index (χ0v) is 12.6. The molecule has 1 unspecified atom stereocenters. The van der Waals surface area contributed by atoms with Gasteiger partial charge in [0.15, 0.2) is 0 Å². The summed E-state index contributed by atoms with van der Waals surface area (Å²) < 4.78 is 0. The summed E-state index contributed by atoms with van der Waals surface area (Å²) in [5.41, 5.74) is 2.54. The van der Waals surface area contributed by atoms with Crippen molar-refractivity contribution < 1.29 is 4.79 Å². The molecule has 1 saturated heterocycles. The lowest BCUT2D eigenvalue weighted by Crippen LogP contribution is -2.40. The quantitative estimate of drug-likeness (QED) is 0.866. The van der Waals surface area contributed by atoms with Crippen LogP contribution in [0, 0.1) is 11.8 Å². The van der Waals surface area contributed by atoms with Crippen LogP contribution in [0.4, 0.5) is 0 Å². The summed E-state index contributed by atoms with van der Waals surface area (Å²) in [7, 11) is 0. The average Bonchev–Trinajstić information content (AvgIpc) is 2.46. The van der Waals surface area contributed by atoms with Crippen LogP contribution in [0.25, 0.3) is 0 Å². The molecule has 0 radical (unpaired) electrons. The van der Waals surface area contributed by atoms with Gasteiger partial charge >= 0.3 is 0 Å². The zero-order chi connectivity index (χ0) is 14.4. The number of hydrogen-bond donors (Lipinski definition) is 2. The Labute approximate surface area is 122 Å². The van der Waals surface area contributed by atoms with E-state index in [1.54, 1.807) is 0 Å². The maximum Gasteiger partial charge on any atom is 0.224 e. The minimum absolute atomic E-state index is 0.143. The molecule has 3 nitrogen and oxygen atoms in total. The van der Waals surface area contributed by atoms with Crippen LogP contribution >= 0.6 is 0 Å². The van der Waals surface area contributed by atoms with Crippen molar-refractivity contribution in [1.29, 1.82) is 0 Å². The summed E-state index contributed by atoms with van der Waals surface area (Å²) in [5.74, 6) is 1.01. The van der Waals surface area contributed by atoms with E-state index >= 15 is 0 Å². The molecule has 0 bridgehead atoms. The van der Waals surface area contributed by atoms with E-state index < -0.39 is 0 Å². The first kappa shape index (κ1) is 15.0. The van der Waals surface area contributed by atoms with E-state index in [9.17, 15) is 4.79 Å². The Balaban J connectivity index is 1.79. The Morgan fingerprint density at radius 2 is 2.00 bits per heavy atom. The second-order valence-electron chi connectivity index (χ2n) is 6.18. The van der Waals surface area contributed by atoms with E-state index in [4.69, 9.17) is 0 Å². The monoisotopic (exact) mass is 274 g/mol. The van der Waals surface area contributed by atoms with Crippen LogP contribution in [-0.4, -0.2) is 19.0 Å². The third kappa shape index (κ3) is 4.64. The predicted molar refractivity (Wildman–Crippen MR) is 82.4 cm³/mol. The third-order valence-electron chi connectivity index (χ3n) is 3.80. The summed E-state index contributed by atoms with van der Waals surface area (Å²) in [6, 6.07) is 8.58. The lowest BCUT2D eigenvalue weighted by molar-refractivity contribution is -0.125. The molecule has 1 aliphatic heterocycles. The van der Waals surface area contributed by atoms with E-state index in [0.717, 1.165) is 32.4 Å². The molecule has 0 spiro atoms. The van der Waals surface area contributed by atoms with Crippen molar-refractivity contribution in [3.63, 3.8) is 0 Å². The Bertz CT molecular complexity index is 419. The second-order valence-corrected chi connectivity index (χ2v) is 6.18. The molecule has 3 heteroatoms. The van der Waals surface area contributed by atoms with Gasteiger partial charge in [-0.2, -0.15) is 0 Å². The van der Waals surface area contributed by atoms with Crippen molar-refractivity contribution in [2.75, 3.05) is 13.1 Å². The number of rotatable bonds is 5. The van der Waals surface area contributed by atoms with Crippen molar-refractivity contribution in [3.05, 3.63) is 35.4 Å². The highest BCUT2D eigenvalue weighted by Gasteiger charge is 2.20. The number of nitrogens with one attached hydrogen (secondary N) is 2. The summed E-state index contributed by atoms with van der Waals surface area (Å²) in [6.07, 6.45) is 3.22. The minimum Gasteiger partial charge on any atom is -0.352 e. The number of carbonyl (C=O) groups is 1. The van der Waals surface area contributed by atoms with Crippen molar-refractivity contribution in [2.24, 2.45) is 11.8 Å². The fourth-order valence-corrected chi connectivity index (χ4v) is 2.67. The first-order chi connectivity index (χ1) is 9.65. The lowest BCUT2D eigenvalue weighted by Gasteiger charge is -2.21. The van der Waals surface area contributed by atoms with E-state index in [2.05, 4.69) is 48.7 Å². The number of piperidine rings is 1. The highest BCUT2D eigenvalue weighted by atomic mass is 16.1. The van der Waals surface area contributed by atoms with E-state index in [-0.39, 0.29) is 11.8 Å². The Morgan fingerprint density at radius 3 is 2.60 bits per heavy atom. The van der Waals surface area contributed by atoms with Gasteiger partial charge in [0.25, 0.3) is 0 Å². The highest BCUT2D eigenvalue weighted by Crippen LogP contribution is 2.12. The summed E-state index contributed by atoms with van der Waals surface area (Å²) in [5, 5.41) is 6.33. The van der Waals surface area contributed by atoms with Crippen molar-refractivity contribution in [1.82, 2.24) is 10.6 Å². The fourth-order valence-electron chi connectivity index (χ4n) is 2.67. The zero-order valence-electron chi connectivity index (χ0n) is 12.6. The van der Waals surface area contributed by atoms with Crippen LogP contribution in [0.5, 0.6) is 0 Å². The van der Waals surface area contributed by atoms with Gasteiger partial charge in [-0.1, -0.05) is 38.1 Å². The summed E-state index contributed by atoms with van der Waals surface area (Å²) in [6.45, 7) is 6.95. The van der Waals surface area contributed by atoms with Crippen molar-refractivity contribution >= 4 is 5.91 Å². The molecule has 1 atom stereocenters. The van der Waals surface area contributed by atoms with Gasteiger partial charge in [0.2, 0.25) is 5.91 Å². The Hall–Kier alpha value is -1.35. The average molecular weight is 274 g/mol. The molecule has 0 aliphatic carbocycles. The Kier molecular flexibility index (Phi) is 5.60. The van der Waals surface area contributed by atoms with Gasteiger partial charge in [-0.3, -0.25) is 4.79 Å². The lowest BCUT2D eigenvalue weighted by atomic mass is 9.98. The predicted octanol–water partition coefficient (Wildman–Crippen LogP) is 2.50. The summed E-state index contributed by atoms with van der Waals surface area (Å²) in [4.78, 5) is 12.0.